The summed E-state index contributed by atoms with van der Waals surface area (Å²) in [5.74, 6) is 2.03. The lowest BCUT2D eigenvalue weighted by Gasteiger charge is -2.52. The lowest BCUT2D eigenvalue weighted by Crippen LogP contribution is -2.61. The van der Waals surface area contributed by atoms with E-state index in [4.69, 9.17) is 4.74 Å². The summed E-state index contributed by atoms with van der Waals surface area (Å²) < 4.78 is 5.16. The van der Waals surface area contributed by atoms with E-state index >= 15 is 0 Å². The topological polar surface area (TPSA) is 49.9 Å². The quantitative estimate of drug-likeness (QED) is 0.836. The van der Waals surface area contributed by atoms with Crippen LogP contribution in [0, 0.1) is 11.8 Å². The van der Waals surface area contributed by atoms with E-state index in [9.17, 15) is 9.59 Å². The molecule has 2 bridgehead atoms. The fraction of sp³-hybridized carbons (Fsp3) is 0.579. The molecule has 0 spiro atoms. The highest BCUT2D eigenvalue weighted by molar-refractivity contribution is 5.94. The van der Waals surface area contributed by atoms with Gasteiger partial charge in [0, 0.05) is 37.7 Å². The molecule has 0 saturated carbocycles. The van der Waals surface area contributed by atoms with Crippen LogP contribution in [0.25, 0.3) is 0 Å². The number of benzene rings is 1. The van der Waals surface area contributed by atoms with Gasteiger partial charge in [-0.05, 0) is 55.4 Å². The molecule has 3 aliphatic heterocycles. The summed E-state index contributed by atoms with van der Waals surface area (Å²) in [5.41, 5.74) is 0.715. The first-order valence-electron chi connectivity index (χ1n) is 8.88. The van der Waals surface area contributed by atoms with E-state index < -0.39 is 0 Å². The number of rotatable bonds is 2. The molecule has 0 N–H and O–H groups in total. The number of likely N-dealkylation sites (tertiary alicyclic amines) is 1. The van der Waals surface area contributed by atoms with Crippen LogP contribution in [-0.4, -0.2) is 54.4 Å². The van der Waals surface area contributed by atoms with Crippen molar-refractivity contribution in [1.82, 2.24) is 9.80 Å². The van der Waals surface area contributed by atoms with Gasteiger partial charge in [0.1, 0.15) is 5.75 Å². The van der Waals surface area contributed by atoms with E-state index in [2.05, 4.69) is 4.90 Å². The zero-order valence-corrected chi connectivity index (χ0v) is 14.1. The minimum absolute atomic E-state index is 0.0999. The molecule has 128 valence electrons. The zero-order chi connectivity index (χ0) is 16.7. The highest BCUT2D eigenvalue weighted by atomic mass is 16.5. The van der Waals surface area contributed by atoms with Crippen molar-refractivity contribution in [3.05, 3.63) is 29.8 Å². The maximum atomic E-state index is 12.9. The first-order chi connectivity index (χ1) is 11.7. The van der Waals surface area contributed by atoms with E-state index in [0.717, 1.165) is 44.6 Å². The maximum Gasteiger partial charge on any atom is 0.253 e. The summed E-state index contributed by atoms with van der Waals surface area (Å²) in [4.78, 5) is 29.2. The van der Waals surface area contributed by atoms with Gasteiger partial charge in [-0.1, -0.05) is 0 Å². The third-order valence-electron chi connectivity index (χ3n) is 5.80. The van der Waals surface area contributed by atoms with Crippen molar-refractivity contribution >= 4 is 11.8 Å². The van der Waals surface area contributed by atoms with Crippen molar-refractivity contribution in [3.63, 3.8) is 0 Å². The lowest BCUT2D eigenvalue weighted by molar-refractivity contribution is -0.144. The van der Waals surface area contributed by atoms with Crippen LogP contribution in [0.5, 0.6) is 5.75 Å². The summed E-state index contributed by atoms with van der Waals surface area (Å²) >= 11 is 0. The molecule has 1 aromatic carbocycles. The van der Waals surface area contributed by atoms with Crippen molar-refractivity contribution in [2.45, 2.75) is 31.7 Å². The SMILES string of the molecule is COc1ccc(C(=O)N2C[C@H]3C[C@H](C2)[C@H]2CCCC(=O)N2C3)cc1. The van der Waals surface area contributed by atoms with E-state index in [1.165, 1.54) is 0 Å². The van der Waals surface area contributed by atoms with E-state index in [0.29, 0.717) is 35.8 Å². The van der Waals surface area contributed by atoms with Crippen molar-refractivity contribution in [2.24, 2.45) is 11.8 Å². The molecule has 2 amide bonds. The van der Waals surface area contributed by atoms with Crippen molar-refractivity contribution < 1.29 is 14.3 Å². The van der Waals surface area contributed by atoms with Crippen LogP contribution in [0.3, 0.4) is 0 Å². The van der Waals surface area contributed by atoms with Crippen molar-refractivity contribution in [1.29, 1.82) is 0 Å². The predicted octanol–water partition coefficient (Wildman–Crippen LogP) is 2.17. The Morgan fingerprint density at radius 2 is 1.96 bits per heavy atom. The van der Waals surface area contributed by atoms with Gasteiger partial charge in [-0.3, -0.25) is 9.59 Å². The lowest BCUT2D eigenvalue weighted by atomic mass is 9.76. The highest BCUT2D eigenvalue weighted by Gasteiger charge is 2.44. The Hall–Kier alpha value is -2.04. The average Bonchev–Trinajstić information content (AvgIpc) is 2.62. The van der Waals surface area contributed by atoms with Gasteiger partial charge in [0.2, 0.25) is 5.91 Å². The normalized spacial score (nSPS) is 29.2. The predicted molar refractivity (Wildman–Crippen MR) is 89.8 cm³/mol. The number of piperidine rings is 3. The molecule has 5 heteroatoms. The summed E-state index contributed by atoms with van der Waals surface area (Å²) in [7, 11) is 1.62. The Morgan fingerprint density at radius 1 is 1.17 bits per heavy atom. The molecule has 3 atom stereocenters. The summed E-state index contributed by atoms with van der Waals surface area (Å²) in [6, 6.07) is 7.68. The minimum Gasteiger partial charge on any atom is -0.497 e. The number of carbonyl (C=O) groups excluding carboxylic acids is 2. The first-order valence-corrected chi connectivity index (χ1v) is 8.88. The van der Waals surface area contributed by atoms with E-state index in [1.54, 1.807) is 7.11 Å². The fourth-order valence-electron chi connectivity index (χ4n) is 4.69. The molecule has 3 saturated heterocycles. The van der Waals surface area contributed by atoms with Gasteiger partial charge in [0.15, 0.2) is 0 Å². The summed E-state index contributed by atoms with van der Waals surface area (Å²) in [5, 5.41) is 0. The van der Waals surface area contributed by atoms with E-state index in [-0.39, 0.29) is 5.91 Å². The second kappa shape index (κ2) is 6.11. The Morgan fingerprint density at radius 3 is 2.71 bits per heavy atom. The molecule has 0 unspecified atom stereocenters. The number of hydrogen-bond acceptors (Lipinski definition) is 3. The second-order valence-electron chi connectivity index (χ2n) is 7.31. The third kappa shape index (κ3) is 2.66. The van der Waals surface area contributed by atoms with Crippen LogP contribution in [0.4, 0.5) is 0 Å². The first kappa shape index (κ1) is 15.5. The molecule has 1 aromatic rings. The standard InChI is InChI=1S/C19H24N2O3/c1-24-16-7-5-14(6-8-16)19(23)20-10-13-9-15(12-20)17-3-2-4-18(22)21(17)11-13/h5-8,13,15,17H,2-4,9-12H2,1H3/t13-,15-,17-/m1/s1. The van der Waals surface area contributed by atoms with Crippen LogP contribution < -0.4 is 4.74 Å². The average molecular weight is 328 g/mol. The number of nitrogens with zero attached hydrogens (tertiary/aromatic N) is 2. The molecule has 0 aliphatic carbocycles. The molecule has 24 heavy (non-hydrogen) atoms. The third-order valence-corrected chi connectivity index (χ3v) is 5.80. The fourth-order valence-corrected chi connectivity index (χ4v) is 4.69. The largest absolute Gasteiger partial charge is 0.497 e. The number of ether oxygens (including phenoxy) is 1. The molecule has 4 rings (SSSR count). The van der Waals surface area contributed by atoms with Crippen LogP contribution in [0.1, 0.15) is 36.0 Å². The maximum absolute atomic E-state index is 12.9. The van der Waals surface area contributed by atoms with Crippen LogP contribution >= 0.6 is 0 Å². The molecule has 5 nitrogen and oxygen atoms in total. The number of methoxy groups -OCH3 is 1. The number of carbonyl (C=O) groups is 2. The Bertz CT molecular complexity index is 643. The van der Waals surface area contributed by atoms with Gasteiger partial charge < -0.3 is 14.5 Å². The molecule has 3 heterocycles. The molecule has 3 fully saturated rings. The van der Waals surface area contributed by atoms with Gasteiger partial charge >= 0.3 is 0 Å². The number of fused-ring (bicyclic) bond motifs is 4. The smallest absolute Gasteiger partial charge is 0.253 e. The van der Waals surface area contributed by atoms with Gasteiger partial charge in [-0.25, -0.2) is 0 Å². The molecule has 0 radical (unpaired) electrons. The Balaban J connectivity index is 1.50. The molecular weight excluding hydrogens is 304 g/mol. The zero-order valence-electron chi connectivity index (χ0n) is 14.1. The van der Waals surface area contributed by atoms with Crippen molar-refractivity contribution in [2.75, 3.05) is 26.7 Å². The van der Waals surface area contributed by atoms with E-state index in [1.807, 2.05) is 29.2 Å². The highest BCUT2D eigenvalue weighted by Crippen LogP contribution is 2.38. The van der Waals surface area contributed by atoms with Crippen LogP contribution in [0.15, 0.2) is 24.3 Å². The van der Waals surface area contributed by atoms with Gasteiger partial charge in [0.05, 0.1) is 7.11 Å². The van der Waals surface area contributed by atoms with Gasteiger partial charge in [0.25, 0.3) is 5.91 Å². The minimum atomic E-state index is 0.0999. The van der Waals surface area contributed by atoms with Crippen molar-refractivity contribution in [3.8, 4) is 5.75 Å². The molecular formula is C19H24N2O3. The molecule has 0 aromatic heterocycles. The monoisotopic (exact) mass is 328 g/mol. The number of hydrogen-bond donors (Lipinski definition) is 0. The summed E-state index contributed by atoms with van der Waals surface area (Å²) in [6.07, 6.45) is 3.94. The number of amides is 2. The van der Waals surface area contributed by atoms with Crippen LogP contribution in [-0.2, 0) is 4.79 Å². The molecule has 3 aliphatic rings. The second-order valence-corrected chi connectivity index (χ2v) is 7.31. The van der Waals surface area contributed by atoms with Crippen LogP contribution in [0.2, 0.25) is 0 Å². The summed E-state index contributed by atoms with van der Waals surface area (Å²) in [6.45, 7) is 2.36. The van der Waals surface area contributed by atoms with Gasteiger partial charge in [-0.2, -0.15) is 0 Å². The van der Waals surface area contributed by atoms with Gasteiger partial charge in [-0.15, -0.1) is 0 Å². The Labute approximate surface area is 142 Å². The Kier molecular flexibility index (Phi) is 3.94.